The van der Waals surface area contributed by atoms with E-state index in [0.29, 0.717) is 18.5 Å². The minimum Gasteiger partial charge on any atom is -0.487 e. The third-order valence-corrected chi connectivity index (χ3v) is 9.03. The highest BCUT2D eigenvalue weighted by molar-refractivity contribution is 5.92. The zero-order chi connectivity index (χ0) is 24.3. The number of nitrogens with zero attached hydrogens (tertiary/aromatic N) is 2. The monoisotopic (exact) mass is 470 g/mol. The van der Waals surface area contributed by atoms with Crippen molar-refractivity contribution in [1.82, 2.24) is 9.80 Å². The number of amides is 1. The Balaban J connectivity index is 1.32. The van der Waals surface area contributed by atoms with Crippen LogP contribution in [-0.2, 0) is 21.4 Å². The molecule has 2 aromatic carbocycles. The highest BCUT2D eigenvalue weighted by atomic mass is 16.5. The van der Waals surface area contributed by atoms with E-state index in [1.165, 1.54) is 16.7 Å². The normalized spacial score (nSPS) is 30.6. The minimum atomic E-state index is -0.0696. The van der Waals surface area contributed by atoms with Crippen LogP contribution in [0.1, 0.15) is 48.4 Å². The first kappa shape index (κ1) is 22.5. The number of likely N-dealkylation sites (tertiary alicyclic amines) is 1. The molecule has 5 nitrogen and oxygen atoms in total. The predicted molar refractivity (Wildman–Crippen MR) is 136 cm³/mol. The van der Waals surface area contributed by atoms with E-state index < -0.39 is 0 Å². The molecule has 0 unspecified atom stereocenters. The van der Waals surface area contributed by atoms with Gasteiger partial charge in [0, 0.05) is 30.1 Å². The average molecular weight is 471 g/mol. The summed E-state index contributed by atoms with van der Waals surface area (Å²) in [6, 6.07) is 15.0. The summed E-state index contributed by atoms with van der Waals surface area (Å²) in [6.07, 6.45) is 7.51. The maximum atomic E-state index is 13.3. The molecule has 2 aliphatic carbocycles. The summed E-state index contributed by atoms with van der Waals surface area (Å²) in [5.41, 5.74) is 4.92. The van der Waals surface area contributed by atoms with Gasteiger partial charge in [-0.1, -0.05) is 42.0 Å². The van der Waals surface area contributed by atoms with Crippen LogP contribution in [0.5, 0.6) is 5.75 Å². The van der Waals surface area contributed by atoms with Gasteiger partial charge in [-0.25, -0.2) is 0 Å². The van der Waals surface area contributed by atoms with Gasteiger partial charge in [-0.3, -0.25) is 14.5 Å². The zero-order valence-electron chi connectivity index (χ0n) is 20.9. The smallest absolute Gasteiger partial charge is 0.246 e. The molecule has 0 aromatic heterocycles. The predicted octanol–water partition coefficient (Wildman–Crippen LogP) is 4.16. The second-order valence-corrected chi connectivity index (χ2v) is 11.0. The summed E-state index contributed by atoms with van der Waals surface area (Å²) in [5, 5.41) is 0. The molecule has 1 saturated carbocycles. The van der Waals surface area contributed by atoms with E-state index in [0.717, 1.165) is 43.5 Å². The maximum Gasteiger partial charge on any atom is 0.246 e. The van der Waals surface area contributed by atoms with Crippen molar-refractivity contribution in [1.29, 1.82) is 0 Å². The van der Waals surface area contributed by atoms with Crippen LogP contribution in [-0.4, -0.2) is 59.8 Å². The molecule has 1 amide bonds. The molecule has 5 atom stereocenters. The number of carbonyl (C=O) groups excluding carboxylic acids is 2. The fraction of sp³-hybridized carbons (Fsp3) is 0.467. The number of benzene rings is 2. The topological polar surface area (TPSA) is 49.9 Å². The lowest BCUT2D eigenvalue weighted by Gasteiger charge is -2.60. The Morgan fingerprint density at radius 1 is 1.20 bits per heavy atom. The van der Waals surface area contributed by atoms with Gasteiger partial charge < -0.3 is 9.64 Å². The molecule has 2 aliphatic heterocycles. The molecule has 4 aliphatic rings. The fourth-order valence-electron chi connectivity index (χ4n) is 7.67. The van der Waals surface area contributed by atoms with Crippen LogP contribution in [0.25, 0.3) is 6.08 Å². The summed E-state index contributed by atoms with van der Waals surface area (Å²) in [4.78, 5) is 29.7. The average Bonchev–Trinajstić information content (AvgIpc) is 3.17. The molecule has 1 spiro atoms. The first-order chi connectivity index (χ1) is 16.9. The molecule has 1 saturated heterocycles. The van der Waals surface area contributed by atoms with Crippen LogP contribution in [0.3, 0.4) is 0 Å². The summed E-state index contributed by atoms with van der Waals surface area (Å²) >= 11 is 0. The van der Waals surface area contributed by atoms with Crippen molar-refractivity contribution in [3.8, 4) is 5.75 Å². The fourth-order valence-corrected chi connectivity index (χ4v) is 7.67. The molecular formula is C30H34N2O3. The van der Waals surface area contributed by atoms with Crippen LogP contribution in [0.15, 0.2) is 48.5 Å². The number of ketones is 1. The lowest BCUT2D eigenvalue weighted by molar-refractivity contribution is -0.136. The van der Waals surface area contributed by atoms with Crippen LogP contribution in [0.4, 0.5) is 0 Å². The van der Waals surface area contributed by atoms with Gasteiger partial charge >= 0.3 is 0 Å². The maximum absolute atomic E-state index is 13.3. The van der Waals surface area contributed by atoms with Gasteiger partial charge in [0.2, 0.25) is 5.91 Å². The standard InChI is InChI=1S/C30H34N2O3/c1-19-6-4-7-21(16-19)10-13-27(34)31(3)24-12-11-23-25-17-22-8-5-9-26-28(22)30(23,29(24)35-26)14-15-32(25)18-20(2)33/h4-10,13,16,23-25,29H,11-12,14-15,17-18H2,1-3H3/t23-,24-,25+,29-,30-/m0/s1. The Labute approximate surface area is 207 Å². The molecule has 35 heavy (non-hydrogen) atoms. The number of ether oxygens (including phenoxy) is 1. The lowest BCUT2D eigenvalue weighted by atomic mass is 9.51. The third-order valence-electron chi connectivity index (χ3n) is 9.03. The molecule has 0 radical (unpaired) electrons. The van der Waals surface area contributed by atoms with Crippen LogP contribution in [0, 0.1) is 12.8 Å². The van der Waals surface area contributed by atoms with Crippen molar-refractivity contribution in [3.05, 3.63) is 70.8 Å². The summed E-state index contributed by atoms with van der Waals surface area (Å²) < 4.78 is 6.75. The molecule has 2 fully saturated rings. The van der Waals surface area contributed by atoms with Gasteiger partial charge in [0.25, 0.3) is 0 Å². The van der Waals surface area contributed by atoms with E-state index in [2.05, 4.69) is 42.2 Å². The molecular weight excluding hydrogens is 436 g/mol. The second-order valence-electron chi connectivity index (χ2n) is 11.0. The zero-order valence-corrected chi connectivity index (χ0v) is 20.9. The number of likely N-dealkylation sites (N-methyl/N-ethyl adjacent to an activating group) is 1. The van der Waals surface area contributed by atoms with Crippen molar-refractivity contribution in [2.75, 3.05) is 20.1 Å². The molecule has 182 valence electrons. The Hall–Kier alpha value is -2.92. The molecule has 2 aromatic rings. The number of aryl methyl sites for hydroxylation is 1. The third kappa shape index (κ3) is 3.47. The van der Waals surface area contributed by atoms with Crippen LogP contribution in [0.2, 0.25) is 0 Å². The van der Waals surface area contributed by atoms with Gasteiger partial charge in [-0.05, 0) is 75.3 Å². The molecule has 2 heterocycles. The van der Waals surface area contributed by atoms with Crippen molar-refractivity contribution in [3.63, 3.8) is 0 Å². The highest BCUT2D eigenvalue weighted by Crippen LogP contribution is 2.62. The SMILES string of the molecule is CC(=O)CN1CC[C@]23c4c5cccc4O[C@H]2[C@@H](N(C)C(=O)C=Cc2cccc(C)c2)CC[C@H]3[C@H]1C5. The second kappa shape index (κ2) is 8.34. The summed E-state index contributed by atoms with van der Waals surface area (Å²) in [5.74, 6) is 1.73. The Morgan fingerprint density at radius 3 is 2.83 bits per heavy atom. The Kier molecular flexibility index (Phi) is 5.37. The van der Waals surface area contributed by atoms with Crippen molar-refractivity contribution >= 4 is 17.8 Å². The number of Topliss-reactive ketones (excluding diaryl/α,β-unsaturated/α-hetero) is 1. The quantitative estimate of drug-likeness (QED) is 0.616. The van der Waals surface area contributed by atoms with Crippen molar-refractivity contribution < 1.29 is 14.3 Å². The lowest BCUT2D eigenvalue weighted by Crippen LogP contribution is -2.69. The first-order valence-corrected chi connectivity index (χ1v) is 12.9. The van der Waals surface area contributed by atoms with E-state index >= 15 is 0 Å². The van der Waals surface area contributed by atoms with E-state index in [1.54, 1.807) is 13.0 Å². The molecule has 2 bridgehead atoms. The minimum absolute atomic E-state index is 0.0208. The number of carbonyl (C=O) groups is 2. The van der Waals surface area contributed by atoms with E-state index in [4.69, 9.17) is 4.74 Å². The number of hydrogen-bond donors (Lipinski definition) is 0. The van der Waals surface area contributed by atoms with Gasteiger partial charge in [-0.15, -0.1) is 0 Å². The number of hydrogen-bond acceptors (Lipinski definition) is 4. The van der Waals surface area contributed by atoms with E-state index in [1.807, 2.05) is 30.2 Å². The van der Waals surface area contributed by atoms with Gasteiger partial charge in [0.1, 0.15) is 17.6 Å². The van der Waals surface area contributed by atoms with E-state index in [-0.39, 0.29) is 29.3 Å². The molecule has 5 heteroatoms. The largest absolute Gasteiger partial charge is 0.487 e. The molecule has 6 rings (SSSR count). The Bertz CT molecular complexity index is 1220. The van der Waals surface area contributed by atoms with Crippen LogP contribution >= 0.6 is 0 Å². The van der Waals surface area contributed by atoms with Gasteiger partial charge in [-0.2, -0.15) is 0 Å². The van der Waals surface area contributed by atoms with Crippen molar-refractivity contribution in [2.45, 2.75) is 63.1 Å². The van der Waals surface area contributed by atoms with Gasteiger partial charge in [0.15, 0.2) is 0 Å². The highest BCUT2D eigenvalue weighted by Gasteiger charge is 2.65. The summed E-state index contributed by atoms with van der Waals surface area (Å²) in [6.45, 7) is 5.20. The number of piperidine rings is 1. The van der Waals surface area contributed by atoms with Gasteiger partial charge in [0.05, 0.1) is 12.6 Å². The van der Waals surface area contributed by atoms with Crippen LogP contribution < -0.4 is 4.74 Å². The summed E-state index contributed by atoms with van der Waals surface area (Å²) in [7, 11) is 1.93. The number of rotatable bonds is 5. The van der Waals surface area contributed by atoms with E-state index in [9.17, 15) is 9.59 Å². The Morgan fingerprint density at radius 2 is 2.03 bits per heavy atom. The molecule has 0 N–H and O–H groups in total. The first-order valence-electron chi connectivity index (χ1n) is 12.9. The van der Waals surface area contributed by atoms with Crippen molar-refractivity contribution in [2.24, 2.45) is 5.92 Å².